The van der Waals surface area contributed by atoms with Gasteiger partial charge in [0.05, 0.1) is 18.2 Å². The molecule has 1 rings (SSSR count). The van der Waals surface area contributed by atoms with Gasteiger partial charge in [-0.2, -0.15) is 5.26 Å². The van der Waals surface area contributed by atoms with Gasteiger partial charge in [0, 0.05) is 7.11 Å². The third-order valence-electron chi connectivity index (χ3n) is 1.89. The standard InChI is InChI=1S/C10H11FN2O/c1-14-6-10(13)7-2-3-8(5-12)9(11)4-7/h2-4,10H,6,13H2,1H3/t10-/m0/s1. The number of nitrogens with zero attached hydrogens (tertiary/aromatic N) is 1. The van der Waals surface area contributed by atoms with Crippen LogP contribution in [0.5, 0.6) is 0 Å². The topological polar surface area (TPSA) is 59.0 Å². The molecule has 0 saturated heterocycles. The predicted octanol–water partition coefficient (Wildman–Crippen LogP) is 1.34. The summed E-state index contributed by atoms with van der Waals surface area (Å²) in [6, 6.07) is 5.70. The molecule has 1 aromatic carbocycles. The summed E-state index contributed by atoms with van der Waals surface area (Å²) in [5.74, 6) is -0.545. The van der Waals surface area contributed by atoms with Crippen molar-refractivity contribution in [3.63, 3.8) is 0 Å². The van der Waals surface area contributed by atoms with Gasteiger partial charge in [-0.15, -0.1) is 0 Å². The van der Waals surface area contributed by atoms with Gasteiger partial charge in [-0.3, -0.25) is 0 Å². The van der Waals surface area contributed by atoms with Gasteiger partial charge in [-0.25, -0.2) is 4.39 Å². The molecule has 0 aliphatic carbocycles. The molecular weight excluding hydrogens is 183 g/mol. The van der Waals surface area contributed by atoms with Gasteiger partial charge in [-0.1, -0.05) is 6.07 Å². The van der Waals surface area contributed by atoms with E-state index in [0.717, 1.165) is 0 Å². The molecule has 1 aromatic rings. The zero-order valence-corrected chi connectivity index (χ0v) is 7.83. The van der Waals surface area contributed by atoms with E-state index in [0.29, 0.717) is 12.2 Å². The van der Waals surface area contributed by atoms with Crippen LogP contribution in [-0.2, 0) is 4.74 Å². The quantitative estimate of drug-likeness (QED) is 0.789. The Hall–Kier alpha value is -1.44. The fourth-order valence-electron chi connectivity index (χ4n) is 1.13. The summed E-state index contributed by atoms with van der Waals surface area (Å²) < 4.78 is 18.0. The predicted molar refractivity (Wildman–Crippen MR) is 49.9 cm³/mol. The maximum absolute atomic E-state index is 13.1. The van der Waals surface area contributed by atoms with Crippen molar-refractivity contribution < 1.29 is 9.13 Å². The first-order valence-electron chi connectivity index (χ1n) is 4.13. The van der Waals surface area contributed by atoms with E-state index in [1.54, 1.807) is 12.1 Å². The van der Waals surface area contributed by atoms with Gasteiger partial charge in [0.2, 0.25) is 0 Å². The Morgan fingerprint density at radius 3 is 2.86 bits per heavy atom. The van der Waals surface area contributed by atoms with Crippen LogP contribution in [0.25, 0.3) is 0 Å². The molecule has 0 saturated carbocycles. The lowest BCUT2D eigenvalue weighted by atomic mass is 10.1. The van der Waals surface area contributed by atoms with Crippen LogP contribution in [-0.4, -0.2) is 13.7 Å². The molecule has 1 atom stereocenters. The summed E-state index contributed by atoms with van der Waals surface area (Å²) in [6.45, 7) is 0.325. The van der Waals surface area contributed by atoms with Gasteiger partial charge < -0.3 is 10.5 Å². The molecule has 3 nitrogen and oxygen atoms in total. The minimum atomic E-state index is -0.545. The van der Waals surface area contributed by atoms with Crippen LogP contribution >= 0.6 is 0 Å². The molecule has 0 aliphatic heterocycles. The number of methoxy groups -OCH3 is 1. The molecule has 0 aliphatic rings. The highest BCUT2D eigenvalue weighted by Crippen LogP contribution is 2.14. The van der Waals surface area contributed by atoms with E-state index in [1.165, 1.54) is 19.2 Å². The number of hydrogen-bond acceptors (Lipinski definition) is 3. The van der Waals surface area contributed by atoms with Gasteiger partial charge in [0.1, 0.15) is 11.9 Å². The van der Waals surface area contributed by atoms with Crippen LogP contribution in [0, 0.1) is 17.1 Å². The van der Waals surface area contributed by atoms with Crippen LogP contribution in [0.15, 0.2) is 18.2 Å². The number of rotatable bonds is 3. The van der Waals surface area contributed by atoms with Crippen molar-refractivity contribution >= 4 is 0 Å². The first-order chi connectivity index (χ1) is 6.69. The largest absolute Gasteiger partial charge is 0.383 e. The van der Waals surface area contributed by atoms with Crippen LogP contribution in [0.4, 0.5) is 4.39 Å². The van der Waals surface area contributed by atoms with Crippen LogP contribution < -0.4 is 5.73 Å². The molecule has 0 unspecified atom stereocenters. The summed E-state index contributed by atoms with van der Waals surface area (Å²) in [7, 11) is 1.53. The summed E-state index contributed by atoms with van der Waals surface area (Å²) in [5.41, 5.74) is 6.35. The minimum absolute atomic E-state index is 0.0263. The average Bonchev–Trinajstić information content (AvgIpc) is 2.18. The summed E-state index contributed by atoms with van der Waals surface area (Å²) >= 11 is 0. The third-order valence-corrected chi connectivity index (χ3v) is 1.89. The fraction of sp³-hybridized carbons (Fsp3) is 0.300. The van der Waals surface area contributed by atoms with Crippen LogP contribution in [0.3, 0.4) is 0 Å². The molecule has 0 bridgehead atoms. The second-order valence-corrected chi connectivity index (χ2v) is 2.91. The van der Waals surface area contributed by atoms with E-state index in [2.05, 4.69) is 0 Å². The van der Waals surface area contributed by atoms with E-state index in [-0.39, 0.29) is 11.6 Å². The first-order valence-corrected chi connectivity index (χ1v) is 4.13. The Bertz CT molecular complexity index is 360. The molecule has 2 N–H and O–H groups in total. The normalized spacial score (nSPS) is 12.1. The highest BCUT2D eigenvalue weighted by Gasteiger charge is 2.08. The van der Waals surface area contributed by atoms with Crippen molar-refractivity contribution in [3.8, 4) is 6.07 Å². The van der Waals surface area contributed by atoms with Gasteiger partial charge in [0.15, 0.2) is 0 Å². The van der Waals surface area contributed by atoms with Crippen molar-refractivity contribution in [1.29, 1.82) is 5.26 Å². The first kappa shape index (κ1) is 10.6. The number of nitriles is 1. The Balaban J connectivity index is 2.92. The maximum Gasteiger partial charge on any atom is 0.141 e. The zero-order chi connectivity index (χ0) is 10.6. The number of benzene rings is 1. The SMILES string of the molecule is COC[C@H](N)c1ccc(C#N)c(F)c1. The maximum atomic E-state index is 13.1. The highest BCUT2D eigenvalue weighted by atomic mass is 19.1. The van der Waals surface area contributed by atoms with Crippen molar-refractivity contribution in [3.05, 3.63) is 35.1 Å². The number of ether oxygens (including phenoxy) is 1. The molecule has 74 valence electrons. The number of halogens is 1. The van der Waals surface area contributed by atoms with Crippen molar-refractivity contribution in [2.45, 2.75) is 6.04 Å². The van der Waals surface area contributed by atoms with E-state index in [1.807, 2.05) is 0 Å². The third kappa shape index (κ3) is 2.28. The lowest BCUT2D eigenvalue weighted by molar-refractivity contribution is 0.181. The number of hydrogen-bond donors (Lipinski definition) is 1. The minimum Gasteiger partial charge on any atom is -0.383 e. The molecule has 0 radical (unpaired) electrons. The zero-order valence-electron chi connectivity index (χ0n) is 7.83. The second kappa shape index (κ2) is 4.70. The summed E-state index contributed by atoms with van der Waals surface area (Å²) in [5, 5.41) is 8.51. The lowest BCUT2D eigenvalue weighted by Crippen LogP contribution is -2.16. The fourth-order valence-corrected chi connectivity index (χ4v) is 1.13. The van der Waals surface area contributed by atoms with E-state index in [4.69, 9.17) is 15.7 Å². The summed E-state index contributed by atoms with van der Waals surface area (Å²) in [4.78, 5) is 0. The van der Waals surface area contributed by atoms with Crippen molar-refractivity contribution in [1.82, 2.24) is 0 Å². The molecule has 0 amide bonds. The molecule has 0 heterocycles. The molecule has 0 fully saturated rings. The second-order valence-electron chi connectivity index (χ2n) is 2.91. The van der Waals surface area contributed by atoms with Gasteiger partial charge >= 0.3 is 0 Å². The molecule has 0 spiro atoms. The number of nitrogens with two attached hydrogens (primary N) is 1. The Morgan fingerprint density at radius 2 is 2.36 bits per heavy atom. The van der Waals surface area contributed by atoms with Crippen LogP contribution in [0.2, 0.25) is 0 Å². The smallest absolute Gasteiger partial charge is 0.141 e. The average molecular weight is 194 g/mol. The van der Waals surface area contributed by atoms with Crippen molar-refractivity contribution in [2.24, 2.45) is 5.73 Å². The Kier molecular flexibility index (Phi) is 3.57. The molecule has 0 aromatic heterocycles. The Labute approximate surface area is 81.9 Å². The molecule has 4 heteroatoms. The van der Waals surface area contributed by atoms with Gasteiger partial charge in [-0.05, 0) is 17.7 Å². The van der Waals surface area contributed by atoms with Crippen LogP contribution in [0.1, 0.15) is 17.2 Å². The van der Waals surface area contributed by atoms with Crippen molar-refractivity contribution in [2.75, 3.05) is 13.7 Å². The molecular formula is C10H11FN2O. The van der Waals surface area contributed by atoms with Gasteiger partial charge in [0.25, 0.3) is 0 Å². The summed E-state index contributed by atoms with van der Waals surface area (Å²) in [6.07, 6.45) is 0. The monoisotopic (exact) mass is 194 g/mol. The highest BCUT2D eigenvalue weighted by molar-refractivity contribution is 5.34. The molecule has 14 heavy (non-hydrogen) atoms. The van der Waals surface area contributed by atoms with E-state index in [9.17, 15) is 4.39 Å². The Morgan fingerprint density at radius 1 is 1.64 bits per heavy atom. The lowest BCUT2D eigenvalue weighted by Gasteiger charge is -2.10. The van der Waals surface area contributed by atoms with E-state index >= 15 is 0 Å². The van der Waals surface area contributed by atoms with E-state index < -0.39 is 5.82 Å².